The summed E-state index contributed by atoms with van der Waals surface area (Å²) >= 11 is 0. The van der Waals surface area contributed by atoms with Gasteiger partial charge in [0.25, 0.3) is 0 Å². The molecule has 0 aromatic heterocycles. The molecule has 1 aliphatic heterocycles. The predicted molar refractivity (Wildman–Crippen MR) is 62.7 cm³/mol. The second kappa shape index (κ2) is 5.74. The van der Waals surface area contributed by atoms with E-state index in [1.807, 2.05) is 18.7 Å². The lowest BCUT2D eigenvalue weighted by atomic mass is 10.0. The van der Waals surface area contributed by atoms with Gasteiger partial charge in [0, 0.05) is 13.1 Å². The number of nitriles is 1. The largest absolute Gasteiger partial charge is 0.325 e. The molecule has 1 N–H and O–H groups in total. The van der Waals surface area contributed by atoms with Crippen molar-refractivity contribution in [3.05, 3.63) is 0 Å². The number of piperidine rings is 1. The molecule has 0 aliphatic carbocycles. The Morgan fingerprint density at radius 2 is 2.25 bits per heavy atom. The zero-order valence-corrected chi connectivity index (χ0v) is 10.4. The number of urea groups is 1. The monoisotopic (exact) mass is 223 g/mol. The third kappa shape index (κ3) is 3.41. The summed E-state index contributed by atoms with van der Waals surface area (Å²) in [5, 5.41) is 11.7. The normalized spacial score (nSPS) is 22.7. The van der Waals surface area contributed by atoms with Crippen LogP contribution in [0.25, 0.3) is 0 Å². The van der Waals surface area contributed by atoms with E-state index < -0.39 is 0 Å². The highest BCUT2D eigenvalue weighted by Gasteiger charge is 2.23. The van der Waals surface area contributed by atoms with E-state index >= 15 is 0 Å². The van der Waals surface area contributed by atoms with Gasteiger partial charge >= 0.3 is 6.03 Å². The second-order valence-corrected chi connectivity index (χ2v) is 4.99. The molecular formula is C12H21N3O. The molecule has 1 heterocycles. The molecule has 0 saturated carbocycles. The number of nitrogens with zero attached hydrogens (tertiary/aromatic N) is 2. The number of likely N-dealkylation sites (tertiary alicyclic amines) is 1. The summed E-state index contributed by atoms with van der Waals surface area (Å²) in [4.78, 5) is 13.7. The van der Waals surface area contributed by atoms with E-state index in [0.29, 0.717) is 5.92 Å². The van der Waals surface area contributed by atoms with E-state index in [1.165, 1.54) is 6.42 Å². The van der Waals surface area contributed by atoms with Crippen LogP contribution in [-0.2, 0) is 0 Å². The molecule has 4 heteroatoms. The van der Waals surface area contributed by atoms with E-state index in [-0.39, 0.29) is 18.0 Å². The number of carbonyl (C=O) groups is 1. The van der Waals surface area contributed by atoms with Gasteiger partial charge in [0.1, 0.15) is 6.04 Å². The van der Waals surface area contributed by atoms with Crippen LogP contribution in [0.5, 0.6) is 0 Å². The summed E-state index contributed by atoms with van der Waals surface area (Å²) in [6, 6.07) is 1.65. The average Bonchev–Trinajstić information content (AvgIpc) is 2.25. The molecule has 2 atom stereocenters. The zero-order chi connectivity index (χ0) is 12.1. The van der Waals surface area contributed by atoms with E-state index in [1.54, 1.807) is 0 Å². The molecule has 1 saturated heterocycles. The van der Waals surface area contributed by atoms with Gasteiger partial charge in [-0.05, 0) is 24.7 Å². The lowest BCUT2D eigenvalue weighted by Crippen LogP contribution is -2.49. The van der Waals surface area contributed by atoms with Crippen molar-refractivity contribution in [3.63, 3.8) is 0 Å². The zero-order valence-electron chi connectivity index (χ0n) is 10.4. The van der Waals surface area contributed by atoms with Crippen LogP contribution in [0, 0.1) is 23.2 Å². The minimum Gasteiger partial charge on any atom is -0.325 e. The standard InChI is InChI=1S/C12H21N3O/c1-9(2)11(7-13)14-12(16)15-6-4-5-10(3)8-15/h9-11H,4-6,8H2,1-3H3,(H,14,16). The average molecular weight is 223 g/mol. The molecule has 4 nitrogen and oxygen atoms in total. The quantitative estimate of drug-likeness (QED) is 0.778. The minimum absolute atomic E-state index is 0.0909. The number of hydrogen-bond donors (Lipinski definition) is 1. The molecule has 1 fully saturated rings. The summed E-state index contributed by atoms with van der Waals surface area (Å²) in [5.41, 5.74) is 0. The van der Waals surface area contributed by atoms with Crippen molar-refractivity contribution in [3.8, 4) is 6.07 Å². The SMILES string of the molecule is CC1CCCN(C(=O)NC(C#N)C(C)C)C1. The highest BCUT2D eigenvalue weighted by Crippen LogP contribution is 2.15. The van der Waals surface area contributed by atoms with E-state index in [2.05, 4.69) is 18.3 Å². The topological polar surface area (TPSA) is 56.1 Å². The number of rotatable bonds is 2. The van der Waals surface area contributed by atoms with Gasteiger partial charge in [-0.3, -0.25) is 0 Å². The number of nitrogens with one attached hydrogen (secondary N) is 1. The van der Waals surface area contributed by atoms with Crippen LogP contribution >= 0.6 is 0 Å². The van der Waals surface area contributed by atoms with Crippen LogP contribution in [0.3, 0.4) is 0 Å². The van der Waals surface area contributed by atoms with Gasteiger partial charge in [-0.2, -0.15) is 5.26 Å². The maximum absolute atomic E-state index is 11.9. The first-order chi connectivity index (χ1) is 7.54. The van der Waals surface area contributed by atoms with E-state index in [4.69, 9.17) is 5.26 Å². The van der Waals surface area contributed by atoms with E-state index in [9.17, 15) is 4.79 Å². The molecule has 0 bridgehead atoms. The van der Waals surface area contributed by atoms with Crippen molar-refractivity contribution in [2.45, 2.75) is 39.7 Å². The Labute approximate surface area is 97.6 Å². The molecule has 0 aromatic carbocycles. The van der Waals surface area contributed by atoms with Crippen molar-refractivity contribution < 1.29 is 4.79 Å². The maximum atomic E-state index is 11.9. The molecule has 2 amide bonds. The first-order valence-corrected chi connectivity index (χ1v) is 5.99. The summed E-state index contributed by atoms with van der Waals surface area (Å²) in [6.07, 6.45) is 2.25. The fourth-order valence-electron chi connectivity index (χ4n) is 1.95. The Morgan fingerprint density at radius 1 is 1.56 bits per heavy atom. The fourth-order valence-corrected chi connectivity index (χ4v) is 1.95. The third-order valence-electron chi connectivity index (χ3n) is 3.03. The molecule has 0 spiro atoms. The van der Waals surface area contributed by atoms with Gasteiger partial charge in [0.2, 0.25) is 0 Å². The van der Waals surface area contributed by atoms with Crippen LogP contribution in [0.1, 0.15) is 33.6 Å². The van der Waals surface area contributed by atoms with Crippen molar-refractivity contribution in [2.75, 3.05) is 13.1 Å². The predicted octanol–water partition coefficient (Wildman–Crippen LogP) is 1.98. The number of carbonyl (C=O) groups excluding carboxylic acids is 1. The Morgan fingerprint density at radius 3 is 2.75 bits per heavy atom. The van der Waals surface area contributed by atoms with Gasteiger partial charge in [-0.1, -0.05) is 20.8 Å². The third-order valence-corrected chi connectivity index (χ3v) is 3.03. The lowest BCUT2D eigenvalue weighted by molar-refractivity contribution is 0.166. The molecule has 1 rings (SSSR count). The molecular weight excluding hydrogens is 202 g/mol. The van der Waals surface area contributed by atoms with Crippen molar-refractivity contribution >= 4 is 6.03 Å². The first-order valence-electron chi connectivity index (χ1n) is 5.99. The summed E-state index contributed by atoms with van der Waals surface area (Å²) in [7, 11) is 0. The maximum Gasteiger partial charge on any atom is 0.318 e. The molecule has 0 aromatic rings. The van der Waals surface area contributed by atoms with Crippen LogP contribution < -0.4 is 5.32 Å². The first kappa shape index (κ1) is 12.8. The van der Waals surface area contributed by atoms with Crippen LogP contribution in [-0.4, -0.2) is 30.1 Å². The molecule has 1 aliphatic rings. The fraction of sp³-hybridized carbons (Fsp3) is 0.833. The molecule has 2 unspecified atom stereocenters. The van der Waals surface area contributed by atoms with Crippen molar-refractivity contribution in [1.82, 2.24) is 10.2 Å². The van der Waals surface area contributed by atoms with Gasteiger partial charge < -0.3 is 10.2 Å². The summed E-state index contributed by atoms with van der Waals surface area (Å²) < 4.78 is 0. The van der Waals surface area contributed by atoms with Crippen LogP contribution in [0.15, 0.2) is 0 Å². The van der Waals surface area contributed by atoms with Crippen LogP contribution in [0.2, 0.25) is 0 Å². The Kier molecular flexibility index (Phi) is 4.60. The molecule has 16 heavy (non-hydrogen) atoms. The van der Waals surface area contributed by atoms with Crippen LogP contribution in [0.4, 0.5) is 4.79 Å². The summed E-state index contributed by atoms with van der Waals surface area (Å²) in [5.74, 6) is 0.718. The van der Waals surface area contributed by atoms with Crippen molar-refractivity contribution in [2.24, 2.45) is 11.8 Å². The Bertz CT molecular complexity index is 282. The molecule has 0 radical (unpaired) electrons. The summed E-state index contributed by atoms with van der Waals surface area (Å²) in [6.45, 7) is 7.65. The highest BCUT2D eigenvalue weighted by molar-refractivity contribution is 5.75. The van der Waals surface area contributed by atoms with Gasteiger partial charge in [-0.25, -0.2) is 4.79 Å². The Balaban J connectivity index is 2.48. The van der Waals surface area contributed by atoms with Gasteiger partial charge in [-0.15, -0.1) is 0 Å². The molecule has 90 valence electrons. The van der Waals surface area contributed by atoms with Gasteiger partial charge in [0.15, 0.2) is 0 Å². The smallest absolute Gasteiger partial charge is 0.318 e. The number of amides is 2. The second-order valence-electron chi connectivity index (χ2n) is 4.99. The highest BCUT2D eigenvalue weighted by atomic mass is 16.2. The van der Waals surface area contributed by atoms with E-state index in [0.717, 1.165) is 19.5 Å². The Hall–Kier alpha value is -1.24. The lowest BCUT2D eigenvalue weighted by Gasteiger charge is -2.32. The number of hydrogen-bond acceptors (Lipinski definition) is 2. The van der Waals surface area contributed by atoms with Gasteiger partial charge in [0.05, 0.1) is 6.07 Å². The van der Waals surface area contributed by atoms with Crippen molar-refractivity contribution in [1.29, 1.82) is 5.26 Å². The minimum atomic E-state index is -0.385.